The first-order chi connectivity index (χ1) is 20.7. The standard InChI is InChI=1S/C37H22ClN3O/c38-29-18-16-24(17-19-29)35-39-36(28-13-6-12-25(20-28)23-8-2-1-3-9-23)41-37(40-35)30-14-7-15-32-34(30)31-21-26-10-4-5-11-27(26)22-33(31)42-32/h1-22H. The Labute approximate surface area is 246 Å². The van der Waals surface area contributed by atoms with Gasteiger partial charge in [-0.05, 0) is 70.4 Å². The zero-order chi connectivity index (χ0) is 28.0. The lowest BCUT2D eigenvalue weighted by molar-refractivity contribution is 0.669. The second-order valence-corrected chi connectivity index (χ2v) is 10.7. The van der Waals surface area contributed by atoms with Crippen molar-refractivity contribution in [1.82, 2.24) is 15.0 Å². The summed E-state index contributed by atoms with van der Waals surface area (Å²) in [5.41, 5.74) is 6.51. The van der Waals surface area contributed by atoms with Crippen molar-refractivity contribution < 1.29 is 4.42 Å². The Morgan fingerprint density at radius 3 is 1.90 bits per heavy atom. The van der Waals surface area contributed by atoms with Crippen molar-refractivity contribution in [2.45, 2.75) is 0 Å². The lowest BCUT2D eigenvalue weighted by atomic mass is 10.0. The summed E-state index contributed by atoms with van der Waals surface area (Å²) in [5, 5.41) is 4.95. The van der Waals surface area contributed by atoms with Crippen LogP contribution in [0.2, 0.25) is 5.02 Å². The predicted octanol–water partition coefficient (Wildman–Crippen LogP) is 10.2. The van der Waals surface area contributed by atoms with Gasteiger partial charge in [0, 0.05) is 32.5 Å². The summed E-state index contributed by atoms with van der Waals surface area (Å²) in [7, 11) is 0. The first-order valence-corrected chi connectivity index (χ1v) is 14.1. The minimum absolute atomic E-state index is 0.576. The van der Waals surface area contributed by atoms with Crippen LogP contribution in [0.4, 0.5) is 0 Å². The van der Waals surface area contributed by atoms with E-state index in [0.717, 1.165) is 60.5 Å². The molecule has 0 aliphatic heterocycles. The van der Waals surface area contributed by atoms with Crippen molar-refractivity contribution in [2.24, 2.45) is 0 Å². The number of benzene rings is 6. The number of hydrogen-bond acceptors (Lipinski definition) is 4. The molecule has 2 aromatic heterocycles. The molecule has 0 amide bonds. The summed E-state index contributed by atoms with van der Waals surface area (Å²) in [6.45, 7) is 0. The summed E-state index contributed by atoms with van der Waals surface area (Å²) in [6.07, 6.45) is 0. The average Bonchev–Trinajstić information content (AvgIpc) is 3.42. The molecule has 8 rings (SSSR count). The highest BCUT2D eigenvalue weighted by atomic mass is 35.5. The Morgan fingerprint density at radius 1 is 0.452 bits per heavy atom. The van der Waals surface area contributed by atoms with E-state index >= 15 is 0 Å². The molecule has 5 heteroatoms. The summed E-state index contributed by atoms with van der Waals surface area (Å²) >= 11 is 6.22. The SMILES string of the molecule is Clc1ccc(-c2nc(-c3cccc(-c4ccccc4)c3)nc(-c3cccc4oc5cc6ccccc6cc5c34)n2)cc1. The Bertz CT molecular complexity index is 2260. The van der Waals surface area contributed by atoms with Gasteiger partial charge in [-0.25, -0.2) is 15.0 Å². The fourth-order valence-corrected chi connectivity index (χ4v) is 5.65. The fourth-order valence-electron chi connectivity index (χ4n) is 5.52. The van der Waals surface area contributed by atoms with Crippen molar-refractivity contribution >= 4 is 44.3 Å². The van der Waals surface area contributed by atoms with Crippen LogP contribution in [0, 0.1) is 0 Å². The highest BCUT2D eigenvalue weighted by Crippen LogP contribution is 2.38. The van der Waals surface area contributed by atoms with E-state index in [4.69, 9.17) is 31.0 Å². The molecule has 8 aromatic rings. The fraction of sp³-hybridized carbons (Fsp3) is 0. The Kier molecular flexibility index (Phi) is 5.80. The third-order valence-corrected chi connectivity index (χ3v) is 7.82. The van der Waals surface area contributed by atoms with Crippen molar-refractivity contribution in [1.29, 1.82) is 0 Å². The van der Waals surface area contributed by atoms with Gasteiger partial charge in [-0.2, -0.15) is 0 Å². The van der Waals surface area contributed by atoms with Crippen LogP contribution < -0.4 is 0 Å². The monoisotopic (exact) mass is 559 g/mol. The van der Waals surface area contributed by atoms with E-state index in [1.165, 1.54) is 0 Å². The molecule has 198 valence electrons. The van der Waals surface area contributed by atoms with E-state index in [2.05, 4.69) is 60.7 Å². The van der Waals surface area contributed by atoms with Crippen LogP contribution in [0.25, 0.3) is 78.0 Å². The molecular weight excluding hydrogens is 538 g/mol. The Hall–Kier alpha value is -5.32. The Balaban J connectivity index is 1.37. The quantitative estimate of drug-likeness (QED) is 0.215. The van der Waals surface area contributed by atoms with Crippen molar-refractivity contribution in [3.8, 4) is 45.3 Å². The van der Waals surface area contributed by atoms with Crippen LogP contribution in [0.3, 0.4) is 0 Å². The summed E-state index contributed by atoms with van der Waals surface area (Å²) in [4.78, 5) is 15.0. The van der Waals surface area contributed by atoms with E-state index < -0.39 is 0 Å². The number of hydrogen-bond donors (Lipinski definition) is 0. The first kappa shape index (κ1) is 24.5. The number of halogens is 1. The summed E-state index contributed by atoms with van der Waals surface area (Å²) < 4.78 is 6.34. The molecule has 0 aliphatic rings. The van der Waals surface area contributed by atoms with Gasteiger partial charge in [-0.1, -0.05) is 96.5 Å². The predicted molar refractivity (Wildman–Crippen MR) is 171 cm³/mol. The number of furan rings is 1. The highest BCUT2D eigenvalue weighted by Gasteiger charge is 2.18. The molecule has 0 N–H and O–H groups in total. The summed E-state index contributed by atoms with van der Waals surface area (Å²) in [6, 6.07) is 44.8. The van der Waals surface area contributed by atoms with Gasteiger partial charge in [0.05, 0.1) is 0 Å². The van der Waals surface area contributed by atoms with E-state index in [9.17, 15) is 0 Å². The molecule has 0 bridgehead atoms. The second-order valence-electron chi connectivity index (χ2n) is 10.2. The third kappa shape index (κ3) is 4.30. The van der Waals surface area contributed by atoms with Crippen molar-refractivity contribution in [3.63, 3.8) is 0 Å². The number of aromatic nitrogens is 3. The first-order valence-electron chi connectivity index (χ1n) is 13.7. The maximum Gasteiger partial charge on any atom is 0.164 e. The maximum absolute atomic E-state index is 6.34. The molecule has 4 nitrogen and oxygen atoms in total. The van der Waals surface area contributed by atoms with Crippen molar-refractivity contribution in [3.05, 3.63) is 138 Å². The highest BCUT2D eigenvalue weighted by molar-refractivity contribution is 6.30. The molecule has 0 saturated carbocycles. The van der Waals surface area contributed by atoms with Gasteiger partial charge in [-0.3, -0.25) is 0 Å². The van der Waals surface area contributed by atoms with Gasteiger partial charge in [0.2, 0.25) is 0 Å². The van der Waals surface area contributed by atoms with Crippen LogP contribution in [-0.4, -0.2) is 15.0 Å². The van der Waals surface area contributed by atoms with Crippen LogP contribution in [0.15, 0.2) is 138 Å². The smallest absolute Gasteiger partial charge is 0.164 e. The number of rotatable bonds is 4. The van der Waals surface area contributed by atoms with Crippen LogP contribution in [-0.2, 0) is 0 Å². The number of nitrogens with zero attached hydrogens (tertiary/aromatic N) is 3. The average molecular weight is 560 g/mol. The largest absolute Gasteiger partial charge is 0.456 e. The molecule has 2 heterocycles. The zero-order valence-corrected chi connectivity index (χ0v) is 23.1. The van der Waals surface area contributed by atoms with Crippen LogP contribution >= 0.6 is 11.6 Å². The van der Waals surface area contributed by atoms with E-state index in [-0.39, 0.29) is 0 Å². The molecule has 0 spiro atoms. The maximum atomic E-state index is 6.34. The molecule has 0 fully saturated rings. The minimum Gasteiger partial charge on any atom is -0.456 e. The van der Waals surface area contributed by atoms with E-state index in [0.29, 0.717) is 22.5 Å². The van der Waals surface area contributed by atoms with Gasteiger partial charge >= 0.3 is 0 Å². The summed E-state index contributed by atoms with van der Waals surface area (Å²) in [5.74, 6) is 1.75. The van der Waals surface area contributed by atoms with Gasteiger partial charge in [0.25, 0.3) is 0 Å². The molecular formula is C37H22ClN3O. The minimum atomic E-state index is 0.576. The topological polar surface area (TPSA) is 51.8 Å². The number of fused-ring (bicyclic) bond motifs is 4. The molecule has 6 aromatic carbocycles. The second kappa shape index (κ2) is 9.95. The van der Waals surface area contributed by atoms with Gasteiger partial charge in [-0.15, -0.1) is 0 Å². The van der Waals surface area contributed by atoms with Crippen LogP contribution in [0.1, 0.15) is 0 Å². The van der Waals surface area contributed by atoms with Crippen LogP contribution in [0.5, 0.6) is 0 Å². The lowest BCUT2D eigenvalue weighted by Crippen LogP contribution is -2.00. The van der Waals surface area contributed by atoms with Gasteiger partial charge in [0.15, 0.2) is 17.5 Å². The third-order valence-electron chi connectivity index (χ3n) is 7.57. The molecule has 42 heavy (non-hydrogen) atoms. The molecule has 0 unspecified atom stereocenters. The van der Waals surface area contributed by atoms with Gasteiger partial charge in [0.1, 0.15) is 11.2 Å². The van der Waals surface area contributed by atoms with E-state index in [1.807, 2.05) is 72.8 Å². The molecule has 0 radical (unpaired) electrons. The lowest BCUT2D eigenvalue weighted by Gasteiger charge is -2.10. The van der Waals surface area contributed by atoms with E-state index in [1.54, 1.807) is 0 Å². The molecule has 0 atom stereocenters. The molecule has 0 aliphatic carbocycles. The Morgan fingerprint density at radius 2 is 1.10 bits per heavy atom. The van der Waals surface area contributed by atoms with Gasteiger partial charge < -0.3 is 4.42 Å². The zero-order valence-electron chi connectivity index (χ0n) is 22.3. The van der Waals surface area contributed by atoms with Crippen molar-refractivity contribution in [2.75, 3.05) is 0 Å². The normalized spacial score (nSPS) is 11.5. The molecule has 0 saturated heterocycles.